The van der Waals surface area contributed by atoms with Crippen molar-refractivity contribution in [3.63, 3.8) is 0 Å². The van der Waals surface area contributed by atoms with Crippen molar-refractivity contribution in [2.45, 2.75) is 23.8 Å². The molecule has 1 heterocycles. The third kappa shape index (κ3) is 4.48. The van der Waals surface area contributed by atoms with E-state index in [2.05, 4.69) is 0 Å². The average molecular weight is 485 g/mol. The molecule has 1 aliphatic rings. The fourth-order valence-electron chi connectivity index (χ4n) is 4.48. The summed E-state index contributed by atoms with van der Waals surface area (Å²) in [5.74, 6) is -0.941. The molecule has 5 rings (SSSR count). The number of carbonyl (C=O) groups excluding carboxylic acids is 2. The Morgan fingerprint density at radius 3 is 2.11 bits per heavy atom. The largest absolute Gasteiger partial charge is 0.274 e. The Labute approximate surface area is 204 Å². The van der Waals surface area contributed by atoms with Crippen molar-refractivity contribution in [1.29, 1.82) is 0 Å². The van der Waals surface area contributed by atoms with Gasteiger partial charge in [-0.25, -0.2) is 13.3 Å². The molecule has 1 fully saturated rings. The zero-order valence-electron chi connectivity index (χ0n) is 18.9. The SMILES string of the molecule is O=C1CC(N(CCc2ccccc2)S(=O)(=O)c2ccc3ccccc3c2)C(=O)N1c1ccccc1. The molecular formula is C28H24N2O4S. The number of imide groups is 1. The molecule has 35 heavy (non-hydrogen) atoms. The number of sulfonamides is 1. The van der Waals surface area contributed by atoms with Gasteiger partial charge in [-0.15, -0.1) is 0 Å². The minimum Gasteiger partial charge on any atom is -0.274 e. The highest BCUT2D eigenvalue weighted by Crippen LogP contribution is 2.30. The highest BCUT2D eigenvalue weighted by Gasteiger charge is 2.46. The molecular weight excluding hydrogens is 460 g/mol. The van der Waals surface area contributed by atoms with E-state index >= 15 is 0 Å². The molecule has 0 spiro atoms. The van der Waals surface area contributed by atoms with E-state index in [1.54, 1.807) is 48.5 Å². The second kappa shape index (κ2) is 9.44. The maximum atomic E-state index is 13.9. The molecule has 0 saturated carbocycles. The number of para-hydroxylation sites is 1. The van der Waals surface area contributed by atoms with Gasteiger partial charge in [-0.05, 0) is 47.0 Å². The number of hydrogen-bond donors (Lipinski definition) is 0. The molecule has 0 bridgehead atoms. The van der Waals surface area contributed by atoms with E-state index in [0.717, 1.165) is 21.2 Å². The molecule has 0 radical (unpaired) electrons. The first-order valence-electron chi connectivity index (χ1n) is 11.4. The second-order valence-electron chi connectivity index (χ2n) is 8.48. The molecule has 1 unspecified atom stereocenters. The van der Waals surface area contributed by atoms with Gasteiger partial charge in [0.15, 0.2) is 0 Å². The summed E-state index contributed by atoms with van der Waals surface area (Å²) in [6.45, 7) is 0.0749. The number of benzene rings is 4. The maximum absolute atomic E-state index is 13.9. The van der Waals surface area contributed by atoms with Gasteiger partial charge in [-0.2, -0.15) is 4.31 Å². The van der Waals surface area contributed by atoms with Crippen molar-refractivity contribution in [2.75, 3.05) is 11.4 Å². The lowest BCUT2D eigenvalue weighted by atomic mass is 10.1. The number of nitrogens with zero attached hydrogens (tertiary/aromatic N) is 2. The molecule has 2 amide bonds. The molecule has 0 N–H and O–H groups in total. The Kier molecular flexibility index (Phi) is 6.19. The predicted octanol–water partition coefficient (Wildman–Crippen LogP) is 4.41. The molecule has 6 nitrogen and oxygen atoms in total. The topological polar surface area (TPSA) is 74.8 Å². The summed E-state index contributed by atoms with van der Waals surface area (Å²) in [5, 5.41) is 1.71. The van der Waals surface area contributed by atoms with Crippen LogP contribution in [0.15, 0.2) is 108 Å². The third-order valence-corrected chi connectivity index (χ3v) is 8.18. The zero-order valence-corrected chi connectivity index (χ0v) is 19.8. The molecule has 7 heteroatoms. The molecule has 4 aromatic rings. The number of hydrogen-bond acceptors (Lipinski definition) is 4. The summed E-state index contributed by atoms with van der Waals surface area (Å²) < 4.78 is 29.0. The molecule has 1 saturated heterocycles. The number of amides is 2. The summed E-state index contributed by atoms with van der Waals surface area (Å²) in [6.07, 6.45) is 0.215. The van der Waals surface area contributed by atoms with Gasteiger partial charge in [0, 0.05) is 6.54 Å². The molecule has 0 aliphatic carbocycles. The van der Waals surface area contributed by atoms with Gasteiger partial charge in [0.05, 0.1) is 17.0 Å². The summed E-state index contributed by atoms with van der Waals surface area (Å²) >= 11 is 0. The lowest BCUT2D eigenvalue weighted by molar-refractivity contribution is -0.122. The molecule has 1 atom stereocenters. The quantitative estimate of drug-likeness (QED) is 0.364. The summed E-state index contributed by atoms with van der Waals surface area (Å²) in [7, 11) is -4.07. The third-order valence-electron chi connectivity index (χ3n) is 6.28. The van der Waals surface area contributed by atoms with Gasteiger partial charge in [0.2, 0.25) is 15.9 Å². The maximum Gasteiger partial charge on any atom is 0.252 e. The molecule has 176 valence electrons. The fourth-order valence-corrected chi connectivity index (χ4v) is 6.10. The zero-order chi connectivity index (χ0) is 24.4. The van der Waals surface area contributed by atoms with Gasteiger partial charge in [-0.1, -0.05) is 78.9 Å². The van der Waals surface area contributed by atoms with Crippen LogP contribution < -0.4 is 4.90 Å². The van der Waals surface area contributed by atoms with E-state index < -0.39 is 27.9 Å². The monoisotopic (exact) mass is 484 g/mol. The number of fused-ring (bicyclic) bond motifs is 1. The first kappa shape index (κ1) is 23.0. The molecule has 0 aromatic heterocycles. The van der Waals surface area contributed by atoms with E-state index in [1.807, 2.05) is 54.6 Å². The normalized spacial score (nSPS) is 16.4. The van der Waals surface area contributed by atoms with Crippen LogP contribution in [0.1, 0.15) is 12.0 Å². The van der Waals surface area contributed by atoms with E-state index in [4.69, 9.17) is 0 Å². The standard InChI is InChI=1S/C28H24N2O4S/c31-27-20-26(28(32)30(27)24-13-5-2-6-14-24)29(18-17-21-9-3-1-4-10-21)35(33,34)25-16-15-22-11-7-8-12-23(22)19-25/h1-16,19,26H,17-18,20H2. The highest BCUT2D eigenvalue weighted by molar-refractivity contribution is 7.89. The Morgan fingerprint density at radius 1 is 0.771 bits per heavy atom. The van der Waals surface area contributed by atoms with E-state index in [1.165, 1.54) is 4.31 Å². The van der Waals surface area contributed by atoms with Gasteiger partial charge >= 0.3 is 0 Å². The minimum absolute atomic E-state index is 0.0749. The van der Waals surface area contributed by atoms with Crippen LogP contribution in [0.25, 0.3) is 10.8 Å². The van der Waals surface area contributed by atoms with Crippen LogP contribution in [0.4, 0.5) is 5.69 Å². The van der Waals surface area contributed by atoms with E-state index in [-0.39, 0.29) is 17.9 Å². The van der Waals surface area contributed by atoms with Crippen LogP contribution >= 0.6 is 0 Å². The number of anilines is 1. The Hall–Kier alpha value is -3.81. The van der Waals surface area contributed by atoms with Crippen molar-refractivity contribution in [1.82, 2.24) is 4.31 Å². The van der Waals surface area contributed by atoms with Crippen molar-refractivity contribution in [3.8, 4) is 0 Å². The lowest BCUT2D eigenvalue weighted by Gasteiger charge is -2.27. The van der Waals surface area contributed by atoms with E-state index in [9.17, 15) is 18.0 Å². The Balaban J connectivity index is 1.53. The highest BCUT2D eigenvalue weighted by atomic mass is 32.2. The van der Waals surface area contributed by atoms with Crippen LogP contribution in [0.3, 0.4) is 0 Å². The van der Waals surface area contributed by atoms with Crippen LogP contribution in [-0.4, -0.2) is 37.1 Å². The summed E-state index contributed by atoms with van der Waals surface area (Å²) in [6, 6.07) is 29.4. The van der Waals surface area contributed by atoms with Crippen molar-refractivity contribution in [2.24, 2.45) is 0 Å². The van der Waals surface area contributed by atoms with Crippen LogP contribution in [0.5, 0.6) is 0 Å². The van der Waals surface area contributed by atoms with Gasteiger partial charge < -0.3 is 0 Å². The predicted molar refractivity (Wildman–Crippen MR) is 135 cm³/mol. The fraction of sp³-hybridized carbons (Fsp3) is 0.143. The van der Waals surface area contributed by atoms with E-state index in [0.29, 0.717) is 12.1 Å². The first-order chi connectivity index (χ1) is 16.9. The summed E-state index contributed by atoms with van der Waals surface area (Å²) in [4.78, 5) is 27.5. The summed E-state index contributed by atoms with van der Waals surface area (Å²) in [5.41, 5.74) is 1.39. The first-order valence-corrected chi connectivity index (χ1v) is 12.9. The number of rotatable bonds is 7. The Morgan fingerprint density at radius 2 is 1.40 bits per heavy atom. The smallest absolute Gasteiger partial charge is 0.252 e. The van der Waals surface area contributed by atoms with Crippen molar-refractivity contribution >= 4 is 38.3 Å². The van der Waals surface area contributed by atoms with Gasteiger partial charge in [-0.3, -0.25) is 9.59 Å². The second-order valence-corrected chi connectivity index (χ2v) is 10.4. The van der Waals surface area contributed by atoms with Crippen LogP contribution in [0, 0.1) is 0 Å². The van der Waals surface area contributed by atoms with Crippen molar-refractivity contribution < 1.29 is 18.0 Å². The molecule has 1 aliphatic heterocycles. The average Bonchev–Trinajstić information content (AvgIpc) is 3.18. The number of carbonyl (C=O) groups is 2. The van der Waals surface area contributed by atoms with Crippen LogP contribution in [0.2, 0.25) is 0 Å². The minimum atomic E-state index is -4.07. The van der Waals surface area contributed by atoms with Crippen molar-refractivity contribution in [3.05, 3.63) is 109 Å². The van der Waals surface area contributed by atoms with Gasteiger partial charge in [0.1, 0.15) is 6.04 Å². The lowest BCUT2D eigenvalue weighted by Crippen LogP contribution is -2.46. The Bertz CT molecular complexity index is 1490. The molecule has 4 aromatic carbocycles. The van der Waals surface area contributed by atoms with Gasteiger partial charge in [0.25, 0.3) is 5.91 Å². The van der Waals surface area contributed by atoms with Crippen LogP contribution in [-0.2, 0) is 26.0 Å².